The fourth-order valence-electron chi connectivity index (χ4n) is 12.3. The summed E-state index contributed by atoms with van der Waals surface area (Å²) in [5, 5.41) is 66.4. The molecule has 1 unspecified atom stereocenters. The Morgan fingerprint density at radius 3 is 1.51 bits per heavy atom. The van der Waals surface area contributed by atoms with Gasteiger partial charge >= 0.3 is 0 Å². The van der Waals surface area contributed by atoms with Gasteiger partial charge in [0.25, 0.3) is 5.91 Å². The van der Waals surface area contributed by atoms with E-state index >= 15 is 0 Å². The SMILES string of the molecule is CCc1ccccc1C(NO)c1cc2ccc3c4ccccc4[nH]c3c2c(N=Nc2ccc(Nc3ccc(N=Nc4c(O)c(C(=O)Nc5ccccc5)cc5ccc6c7ccccc7[nH]c6c45)cc3)cc2)c1O.Cc1ccc(N(c2cc[c-]cc2)c2ccc(C)cc2)cc1.[CH3-].[Y]. The van der Waals surface area contributed by atoms with Crippen molar-refractivity contribution in [3.8, 4) is 11.5 Å². The molecule has 2 heterocycles. The van der Waals surface area contributed by atoms with Crippen molar-refractivity contribution in [1.29, 1.82) is 0 Å². The summed E-state index contributed by atoms with van der Waals surface area (Å²) in [7, 11) is 0. The van der Waals surface area contributed by atoms with E-state index in [4.69, 9.17) is 5.11 Å². The second-order valence-electron chi connectivity index (χ2n) is 23.1. The number of aryl methyl sites for hydroxylation is 3. The van der Waals surface area contributed by atoms with Crippen LogP contribution >= 0.6 is 0 Å². The van der Waals surface area contributed by atoms with Gasteiger partial charge in [0.1, 0.15) is 17.1 Å². The maximum atomic E-state index is 13.6. The molecule has 0 aliphatic rings. The Hall–Kier alpha value is -11.1. The minimum Gasteiger partial charge on any atom is -0.505 e. The second-order valence-corrected chi connectivity index (χ2v) is 23.1. The normalized spacial score (nSPS) is 11.7. The molecule has 1 amide bonds. The smallest absolute Gasteiger partial charge is 0.259 e. The molecular formula is C81H66N10O4Y-2. The summed E-state index contributed by atoms with van der Waals surface area (Å²) in [5.41, 5.74) is 18.0. The van der Waals surface area contributed by atoms with Crippen molar-refractivity contribution < 1.29 is 52.9 Å². The molecule has 8 N–H and O–H groups in total. The molecule has 14 nitrogen and oxygen atoms in total. The van der Waals surface area contributed by atoms with E-state index < -0.39 is 11.9 Å². The quantitative estimate of drug-likeness (QED) is 0.0284. The van der Waals surface area contributed by atoms with Crippen molar-refractivity contribution in [2.75, 3.05) is 15.5 Å². The molecule has 15 rings (SSSR count). The summed E-state index contributed by atoms with van der Waals surface area (Å²) < 4.78 is 0. The van der Waals surface area contributed by atoms with Crippen LogP contribution in [0.5, 0.6) is 11.5 Å². The molecule has 0 saturated carbocycles. The molecule has 13 aromatic carbocycles. The molecular weight excluding hydrogens is 1270 g/mol. The predicted octanol–water partition coefficient (Wildman–Crippen LogP) is 22.2. The number of nitrogens with one attached hydrogen (secondary N) is 5. The maximum absolute atomic E-state index is 13.6. The van der Waals surface area contributed by atoms with Crippen molar-refractivity contribution in [3.05, 3.63) is 308 Å². The van der Waals surface area contributed by atoms with Gasteiger partial charge in [-0.15, -0.1) is 22.4 Å². The molecule has 0 aliphatic carbocycles. The first-order valence-corrected chi connectivity index (χ1v) is 31.0. The molecule has 0 aliphatic heterocycles. The van der Waals surface area contributed by atoms with Gasteiger partial charge in [0, 0.05) is 110 Å². The van der Waals surface area contributed by atoms with E-state index in [1.54, 1.807) is 18.2 Å². The number of aromatic nitrogens is 2. The molecule has 15 aromatic rings. The molecule has 96 heavy (non-hydrogen) atoms. The zero-order valence-electron chi connectivity index (χ0n) is 53.2. The number of carbonyl (C=O) groups excluding carboxylic acids is 1. The van der Waals surface area contributed by atoms with Gasteiger partial charge < -0.3 is 48.3 Å². The van der Waals surface area contributed by atoms with E-state index in [0.717, 1.165) is 95.0 Å². The number of carbonyl (C=O) groups is 1. The van der Waals surface area contributed by atoms with Crippen LogP contribution in [-0.4, -0.2) is 31.3 Å². The van der Waals surface area contributed by atoms with Crippen LogP contribution in [-0.2, 0) is 39.1 Å². The number of azo groups is 2. The molecule has 0 bridgehead atoms. The minimum atomic E-state index is -0.738. The standard InChI is InChI=1S/C60H45N9O4.C20H18N.CH3.Y/c1-2-34-12-6-7-15-42(34)53(69-73)47-32-35-20-30-45-43-16-8-10-18-49(43)63-54(45)51(35)56(58(47)70)67-65-40-26-22-38(23-27-40)61-39-24-28-41(29-25-39)66-68-57-52-36(21-31-46-44-17-9-11-19-50(44)64-55(46)52)33-48(59(57)71)60(72)62-37-13-4-3-5-14-37;1-16-8-12-19(13-9-16)21(18-6-4-3-5-7-18)20-14-10-17(2)11-15-20;;/h3-33,53,61,63-64,69-71,73H,2H2,1H3,(H,62,72);4-15H,1-2H3;1H3;/q;2*-1;. The van der Waals surface area contributed by atoms with Crippen LogP contribution in [0.2, 0.25) is 0 Å². The van der Waals surface area contributed by atoms with Crippen LogP contribution in [0.25, 0.3) is 65.2 Å². The van der Waals surface area contributed by atoms with Gasteiger partial charge in [0.2, 0.25) is 0 Å². The van der Waals surface area contributed by atoms with Gasteiger partial charge in [-0.2, -0.15) is 33.9 Å². The number of hydrogen-bond donors (Lipinski definition) is 8. The van der Waals surface area contributed by atoms with E-state index in [0.29, 0.717) is 38.8 Å². The average molecular weight is 1330 g/mol. The van der Waals surface area contributed by atoms with Crippen LogP contribution in [0.15, 0.2) is 281 Å². The molecule has 1 atom stereocenters. The number of fused-ring (bicyclic) bond motifs is 10. The van der Waals surface area contributed by atoms with E-state index in [-0.39, 0.29) is 68.6 Å². The van der Waals surface area contributed by atoms with Gasteiger partial charge in [-0.05, 0) is 151 Å². The van der Waals surface area contributed by atoms with Crippen molar-refractivity contribution in [2.24, 2.45) is 20.5 Å². The summed E-state index contributed by atoms with van der Waals surface area (Å²) >= 11 is 0. The molecule has 0 spiro atoms. The number of H-pyrrole nitrogens is 2. The fraction of sp³-hybridized carbons (Fsp3) is 0.0617. The topological polar surface area (TPSA) is 198 Å². The van der Waals surface area contributed by atoms with Crippen molar-refractivity contribution in [3.63, 3.8) is 0 Å². The Bertz CT molecular complexity index is 5310. The fourth-order valence-corrected chi connectivity index (χ4v) is 12.3. The number of aromatic hydroxyl groups is 2. The number of nitrogens with zero attached hydrogens (tertiary/aromatic N) is 5. The first-order chi connectivity index (χ1) is 46.1. The molecule has 469 valence electrons. The number of phenols is 2. The van der Waals surface area contributed by atoms with E-state index in [2.05, 4.69) is 146 Å². The molecule has 0 fully saturated rings. The second kappa shape index (κ2) is 28.6. The number of hydrogen-bond acceptors (Lipinski definition) is 11. The van der Waals surface area contributed by atoms with Gasteiger partial charge in [-0.25, -0.2) is 0 Å². The Morgan fingerprint density at radius 2 is 0.979 bits per heavy atom. The zero-order chi connectivity index (χ0) is 64.2. The number of amides is 1. The number of anilines is 6. The van der Waals surface area contributed by atoms with Crippen LogP contribution in [0, 0.1) is 27.3 Å². The number of phenolic OH excluding ortho intramolecular Hbond substituents is 2. The first kappa shape index (κ1) is 65.0. The Labute approximate surface area is 580 Å². The number of benzene rings is 13. The Morgan fingerprint density at radius 1 is 0.500 bits per heavy atom. The van der Waals surface area contributed by atoms with Crippen molar-refractivity contribution in [1.82, 2.24) is 15.4 Å². The van der Waals surface area contributed by atoms with Crippen LogP contribution in [0.3, 0.4) is 0 Å². The Balaban J connectivity index is 0.000000326. The third kappa shape index (κ3) is 13.1. The van der Waals surface area contributed by atoms with Gasteiger partial charge in [0.15, 0.2) is 5.75 Å². The summed E-state index contributed by atoms with van der Waals surface area (Å²) in [5.74, 6) is -0.865. The van der Waals surface area contributed by atoms with Crippen molar-refractivity contribution in [2.45, 2.75) is 33.2 Å². The summed E-state index contributed by atoms with van der Waals surface area (Å²) in [6.07, 6.45) is 0.738. The number of aromatic amines is 2. The maximum Gasteiger partial charge on any atom is 0.259 e. The monoisotopic (exact) mass is 1330 g/mol. The molecule has 0 saturated heterocycles. The summed E-state index contributed by atoms with van der Waals surface area (Å²) in [6, 6.07) is 87.0. The molecule has 15 heteroatoms. The van der Waals surface area contributed by atoms with Gasteiger partial charge in [0.05, 0.1) is 34.0 Å². The van der Waals surface area contributed by atoms with Crippen LogP contribution in [0.1, 0.15) is 51.1 Å². The molecule has 2 aromatic heterocycles. The predicted molar refractivity (Wildman–Crippen MR) is 387 cm³/mol. The largest absolute Gasteiger partial charge is 0.505 e. The first-order valence-electron chi connectivity index (χ1n) is 31.0. The number of hydroxylamine groups is 1. The van der Waals surface area contributed by atoms with Crippen LogP contribution < -0.4 is 21.0 Å². The summed E-state index contributed by atoms with van der Waals surface area (Å²) in [4.78, 5) is 23.0. The van der Waals surface area contributed by atoms with Gasteiger partial charge in [-0.1, -0.05) is 151 Å². The van der Waals surface area contributed by atoms with Crippen molar-refractivity contribution >= 4 is 128 Å². The number of para-hydroxylation sites is 3. The van der Waals surface area contributed by atoms with E-state index in [1.165, 1.54) is 11.1 Å². The van der Waals surface area contributed by atoms with Gasteiger partial charge in [-0.3, -0.25) is 4.79 Å². The number of rotatable bonds is 15. The Kier molecular flexibility index (Phi) is 19.4. The average Bonchev–Trinajstić information content (AvgIpc) is 1.46. The van der Waals surface area contributed by atoms with Crippen LogP contribution in [0.4, 0.5) is 56.9 Å². The van der Waals surface area contributed by atoms with E-state index in [9.17, 15) is 20.2 Å². The molecule has 1 radical (unpaired) electrons. The minimum absolute atomic E-state index is 0. The summed E-state index contributed by atoms with van der Waals surface area (Å²) in [6.45, 7) is 6.27. The van der Waals surface area contributed by atoms with E-state index in [1.807, 2.05) is 170 Å². The third-order valence-corrected chi connectivity index (χ3v) is 17.1. The zero-order valence-corrected chi connectivity index (χ0v) is 56.0. The third-order valence-electron chi connectivity index (χ3n) is 17.1.